The zero-order valence-corrected chi connectivity index (χ0v) is 10.6. The van der Waals surface area contributed by atoms with E-state index in [1.54, 1.807) is 18.2 Å². The van der Waals surface area contributed by atoms with Crippen LogP contribution in [-0.2, 0) is 6.54 Å². The normalized spacial score (nSPS) is 10.8. The third kappa shape index (κ3) is 2.14. The van der Waals surface area contributed by atoms with E-state index in [1.165, 1.54) is 16.8 Å². The highest BCUT2D eigenvalue weighted by molar-refractivity contribution is 5.74. The summed E-state index contributed by atoms with van der Waals surface area (Å²) in [6, 6.07) is 11.7. The number of hydrogen-bond donors (Lipinski definition) is 1. The highest BCUT2D eigenvalue weighted by atomic mass is 19.1. The van der Waals surface area contributed by atoms with E-state index in [2.05, 4.69) is 4.98 Å². The van der Waals surface area contributed by atoms with Gasteiger partial charge in [-0.2, -0.15) is 0 Å². The number of hydrogen-bond acceptors (Lipinski definition) is 3. The molecule has 0 saturated heterocycles. The lowest BCUT2D eigenvalue weighted by atomic mass is 10.2. The van der Waals surface area contributed by atoms with E-state index in [-0.39, 0.29) is 12.1 Å². The van der Waals surface area contributed by atoms with Crippen molar-refractivity contribution < 1.29 is 4.39 Å². The lowest BCUT2D eigenvalue weighted by molar-refractivity contribution is 0.600. The van der Waals surface area contributed by atoms with Crippen LogP contribution in [-0.4, -0.2) is 9.55 Å². The van der Waals surface area contributed by atoms with E-state index < -0.39 is 5.82 Å². The summed E-state index contributed by atoms with van der Waals surface area (Å²) in [4.78, 5) is 16.0. The highest BCUT2D eigenvalue weighted by Crippen LogP contribution is 2.15. The van der Waals surface area contributed by atoms with Crippen molar-refractivity contribution in [3.8, 4) is 0 Å². The number of fused-ring (bicyclic) bond motifs is 1. The number of para-hydroxylation sites is 2. The molecule has 0 aliphatic carbocycles. The smallest absolute Gasteiger partial charge is 0.269 e. The van der Waals surface area contributed by atoms with Crippen LogP contribution in [0.25, 0.3) is 11.0 Å². The molecule has 100 valence electrons. The molecular formula is C15H12FN3O. The van der Waals surface area contributed by atoms with Gasteiger partial charge in [0.05, 0.1) is 23.8 Å². The van der Waals surface area contributed by atoms with Crippen LogP contribution in [0.4, 0.5) is 10.1 Å². The largest absolute Gasteiger partial charge is 0.399 e. The van der Waals surface area contributed by atoms with Gasteiger partial charge >= 0.3 is 0 Å². The third-order valence-corrected chi connectivity index (χ3v) is 3.16. The molecule has 0 bridgehead atoms. The zero-order valence-electron chi connectivity index (χ0n) is 10.6. The van der Waals surface area contributed by atoms with Crippen molar-refractivity contribution >= 4 is 16.7 Å². The molecule has 0 saturated carbocycles. The van der Waals surface area contributed by atoms with Gasteiger partial charge in [-0.25, -0.2) is 9.37 Å². The van der Waals surface area contributed by atoms with E-state index in [0.717, 1.165) is 0 Å². The van der Waals surface area contributed by atoms with Crippen LogP contribution in [0.1, 0.15) is 5.56 Å². The van der Waals surface area contributed by atoms with Crippen molar-refractivity contribution in [3.63, 3.8) is 0 Å². The predicted octanol–water partition coefficient (Wildman–Crippen LogP) is 2.17. The summed E-state index contributed by atoms with van der Waals surface area (Å²) >= 11 is 0. The molecule has 2 N–H and O–H groups in total. The van der Waals surface area contributed by atoms with Crippen molar-refractivity contribution in [1.82, 2.24) is 9.55 Å². The molecule has 0 aliphatic heterocycles. The standard InChI is InChI=1S/C15H12FN3O/c16-12-7-11(17)6-5-10(12)9-19-14-4-2-1-3-13(14)18-8-15(19)20/h1-8H,9,17H2. The van der Waals surface area contributed by atoms with E-state index in [4.69, 9.17) is 5.73 Å². The number of nitrogen functional groups attached to an aromatic ring is 1. The number of anilines is 1. The van der Waals surface area contributed by atoms with Crippen LogP contribution in [0.15, 0.2) is 53.5 Å². The number of nitrogens with two attached hydrogens (primary N) is 1. The van der Waals surface area contributed by atoms with Crippen LogP contribution in [0.2, 0.25) is 0 Å². The molecule has 0 amide bonds. The fourth-order valence-corrected chi connectivity index (χ4v) is 2.14. The zero-order chi connectivity index (χ0) is 14.1. The van der Waals surface area contributed by atoms with Crippen LogP contribution >= 0.6 is 0 Å². The SMILES string of the molecule is Nc1ccc(Cn2c(=O)cnc3ccccc32)c(F)c1. The van der Waals surface area contributed by atoms with E-state index >= 15 is 0 Å². The number of halogens is 1. The number of rotatable bonds is 2. The molecule has 20 heavy (non-hydrogen) atoms. The quantitative estimate of drug-likeness (QED) is 0.725. The molecule has 1 aromatic heterocycles. The Balaban J connectivity index is 2.15. The second kappa shape index (κ2) is 4.77. The minimum absolute atomic E-state index is 0.147. The summed E-state index contributed by atoms with van der Waals surface area (Å²) < 4.78 is 15.4. The van der Waals surface area contributed by atoms with Gasteiger partial charge in [-0.15, -0.1) is 0 Å². The van der Waals surface area contributed by atoms with Crippen molar-refractivity contribution in [2.45, 2.75) is 6.54 Å². The lowest BCUT2D eigenvalue weighted by Gasteiger charge is -2.10. The summed E-state index contributed by atoms with van der Waals surface area (Å²) in [6.07, 6.45) is 1.25. The average molecular weight is 269 g/mol. The fourth-order valence-electron chi connectivity index (χ4n) is 2.14. The van der Waals surface area contributed by atoms with Gasteiger partial charge < -0.3 is 10.3 Å². The van der Waals surface area contributed by atoms with Crippen molar-refractivity contribution in [3.05, 3.63) is 70.4 Å². The minimum Gasteiger partial charge on any atom is -0.399 e. The Morgan fingerprint density at radius 3 is 2.80 bits per heavy atom. The Morgan fingerprint density at radius 2 is 2.00 bits per heavy atom. The average Bonchev–Trinajstić information content (AvgIpc) is 2.44. The van der Waals surface area contributed by atoms with E-state index in [0.29, 0.717) is 22.3 Å². The first-order chi connectivity index (χ1) is 9.65. The Bertz CT molecular complexity index is 842. The fraction of sp³-hybridized carbons (Fsp3) is 0.0667. The number of benzene rings is 2. The Kier molecular flexibility index (Phi) is 2.95. The number of nitrogens with zero attached hydrogens (tertiary/aromatic N) is 2. The highest BCUT2D eigenvalue weighted by Gasteiger charge is 2.08. The summed E-state index contributed by atoms with van der Waals surface area (Å²) in [6.45, 7) is 0.147. The monoisotopic (exact) mass is 269 g/mol. The second-order valence-electron chi connectivity index (χ2n) is 4.52. The molecule has 0 aliphatic rings. The van der Waals surface area contributed by atoms with Crippen LogP contribution in [0, 0.1) is 5.82 Å². The molecule has 0 unspecified atom stereocenters. The molecule has 0 fully saturated rings. The molecule has 4 nitrogen and oxygen atoms in total. The van der Waals surface area contributed by atoms with Gasteiger partial charge in [0.2, 0.25) is 0 Å². The molecule has 2 aromatic carbocycles. The van der Waals surface area contributed by atoms with Gasteiger partial charge in [-0.05, 0) is 24.3 Å². The lowest BCUT2D eigenvalue weighted by Crippen LogP contribution is -2.21. The maximum absolute atomic E-state index is 13.9. The Hall–Kier alpha value is -2.69. The summed E-state index contributed by atoms with van der Waals surface area (Å²) in [5.74, 6) is -0.419. The topological polar surface area (TPSA) is 60.9 Å². The van der Waals surface area contributed by atoms with Gasteiger partial charge in [0.15, 0.2) is 0 Å². The molecule has 3 rings (SSSR count). The van der Waals surface area contributed by atoms with E-state index in [1.807, 2.05) is 18.2 Å². The molecular weight excluding hydrogens is 257 g/mol. The van der Waals surface area contributed by atoms with Crippen LogP contribution < -0.4 is 11.3 Å². The van der Waals surface area contributed by atoms with Gasteiger partial charge in [0, 0.05) is 11.3 Å². The molecule has 0 radical (unpaired) electrons. The van der Waals surface area contributed by atoms with Crippen molar-refractivity contribution in [2.24, 2.45) is 0 Å². The first-order valence-electron chi connectivity index (χ1n) is 6.13. The minimum atomic E-state index is -0.419. The Morgan fingerprint density at radius 1 is 1.20 bits per heavy atom. The molecule has 0 spiro atoms. The van der Waals surface area contributed by atoms with Crippen molar-refractivity contribution in [1.29, 1.82) is 0 Å². The molecule has 5 heteroatoms. The summed E-state index contributed by atoms with van der Waals surface area (Å²) in [5.41, 5.74) is 7.41. The molecule has 3 aromatic rings. The van der Waals surface area contributed by atoms with Gasteiger partial charge in [0.1, 0.15) is 5.82 Å². The second-order valence-corrected chi connectivity index (χ2v) is 4.52. The van der Waals surface area contributed by atoms with Crippen LogP contribution in [0.5, 0.6) is 0 Å². The van der Waals surface area contributed by atoms with Gasteiger partial charge in [0.25, 0.3) is 5.56 Å². The summed E-state index contributed by atoms with van der Waals surface area (Å²) in [5, 5.41) is 0. The molecule has 1 heterocycles. The van der Waals surface area contributed by atoms with Gasteiger partial charge in [-0.3, -0.25) is 4.79 Å². The molecule has 0 atom stereocenters. The van der Waals surface area contributed by atoms with E-state index in [9.17, 15) is 9.18 Å². The first-order valence-corrected chi connectivity index (χ1v) is 6.13. The number of aromatic nitrogens is 2. The van der Waals surface area contributed by atoms with Crippen molar-refractivity contribution in [2.75, 3.05) is 5.73 Å². The predicted molar refractivity (Wildman–Crippen MR) is 75.9 cm³/mol. The summed E-state index contributed by atoms with van der Waals surface area (Å²) in [7, 11) is 0. The maximum Gasteiger partial charge on any atom is 0.269 e. The maximum atomic E-state index is 13.9. The van der Waals surface area contributed by atoms with Crippen LogP contribution in [0.3, 0.4) is 0 Å². The van der Waals surface area contributed by atoms with Gasteiger partial charge in [-0.1, -0.05) is 18.2 Å². The third-order valence-electron chi connectivity index (χ3n) is 3.16. The Labute approximate surface area is 114 Å². The first kappa shape index (κ1) is 12.3.